The van der Waals surface area contributed by atoms with E-state index in [0.29, 0.717) is 0 Å². The molecular formula is C10H21N3O. The second-order valence-electron chi connectivity index (χ2n) is 4.48. The SMILES string of the molecule is CC(NCC1(N(C)C)CCC1)C(N)=O. The van der Waals surface area contributed by atoms with Crippen molar-refractivity contribution in [2.75, 3.05) is 20.6 Å². The average molecular weight is 199 g/mol. The molecule has 0 aromatic rings. The number of nitrogens with two attached hydrogens (primary N) is 1. The van der Waals surface area contributed by atoms with Crippen molar-refractivity contribution in [3.8, 4) is 0 Å². The van der Waals surface area contributed by atoms with Gasteiger partial charge in [-0.3, -0.25) is 4.79 Å². The summed E-state index contributed by atoms with van der Waals surface area (Å²) in [5.41, 5.74) is 5.44. The van der Waals surface area contributed by atoms with E-state index in [1.807, 2.05) is 6.92 Å². The first-order chi connectivity index (χ1) is 6.48. The quantitative estimate of drug-likeness (QED) is 0.652. The van der Waals surface area contributed by atoms with E-state index in [9.17, 15) is 4.79 Å². The van der Waals surface area contributed by atoms with Crippen LogP contribution in [-0.4, -0.2) is 43.0 Å². The topological polar surface area (TPSA) is 58.4 Å². The number of carbonyl (C=O) groups excluding carboxylic acids is 1. The molecule has 1 amide bonds. The van der Waals surface area contributed by atoms with Gasteiger partial charge in [-0.2, -0.15) is 0 Å². The standard InChI is InChI=1S/C10H21N3O/c1-8(9(11)14)12-7-10(13(2)3)5-4-6-10/h8,12H,4-7H2,1-3H3,(H2,11,14). The summed E-state index contributed by atoms with van der Waals surface area (Å²) in [6.07, 6.45) is 3.70. The number of carbonyl (C=O) groups is 1. The molecule has 0 aromatic carbocycles. The lowest BCUT2D eigenvalue weighted by Crippen LogP contribution is -2.58. The van der Waals surface area contributed by atoms with Crippen molar-refractivity contribution in [1.29, 1.82) is 0 Å². The number of nitrogens with zero attached hydrogens (tertiary/aromatic N) is 1. The van der Waals surface area contributed by atoms with Crippen LogP contribution in [0.1, 0.15) is 26.2 Å². The zero-order valence-corrected chi connectivity index (χ0v) is 9.34. The summed E-state index contributed by atoms with van der Waals surface area (Å²) in [5, 5.41) is 3.19. The summed E-state index contributed by atoms with van der Waals surface area (Å²) in [4.78, 5) is 13.1. The lowest BCUT2D eigenvalue weighted by Gasteiger charge is -2.48. The maximum absolute atomic E-state index is 10.8. The number of nitrogens with one attached hydrogen (secondary N) is 1. The van der Waals surface area contributed by atoms with Crippen LogP contribution in [0, 0.1) is 0 Å². The number of primary amides is 1. The van der Waals surface area contributed by atoms with Gasteiger partial charge in [0.15, 0.2) is 0 Å². The van der Waals surface area contributed by atoms with Crippen LogP contribution in [0.2, 0.25) is 0 Å². The third kappa shape index (κ3) is 2.25. The molecule has 0 spiro atoms. The van der Waals surface area contributed by atoms with Gasteiger partial charge in [0.05, 0.1) is 6.04 Å². The molecule has 3 N–H and O–H groups in total. The Bertz CT molecular complexity index is 211. The summed E-state index contributed by atoms with van der Waals surface area (Å²) in [7, 11) is 4.19. The molecule has 0 aliphatic heterocycles. The number of amides is 1. The molecule has 1 atom stereocenters. The van der Waals surface area contributed by atoms with Crippen molar-refractivity contribution in [2.24, 2.45) is 5.73 Å². The fourth-order valence-corrected chi connectivity index (χ4v) is 1.81. The van der Waals surface area contributed by atoms with Crippen LogP contribution in [0.25, 0.3) is 0 Å². The summed E-state index contributed by atoms with van der Waals surface area (Å²) >= 11 is 0. The van der Waals surface area contributed by atoms with Gasteiger partial charge < -0.3 is 16.0 Å². The van der Waals surface area contributed by atoms with Crippen molar-refractivity contribution < 1.29 is 4.79 Å². The van der Waals surface area contributed by atoms with Gasteiger partial charge in [-0.1, -0.05) is 0 Å². The highest BCUT2D eigenvalue weighted by atomic mass is 16.1. The Kier molecular flexibility index (Phi) is 3.50. The highest BCUT2D eigenvalue weighted by molar-refractivity contribution is 5.79. The van der Waals surface area contributed by atoms with Crippen LogP contribution in [-0.2, 0) is 4.79 Å². The molecule has 82 valence electrons. The van der Waals surface area contributed by atoms with Crippen LogP contribution < -0.4 is 11.1 Å². The summed E-state index contributed by atoms with van der Waals surface area (Å²) in [6.45, 7) is 2.66. The molecular weight excluding hydrogens is 178 g/mol. The summed E-state index contributed by atoms with van der Waals surface area (Å²) in [6, 6.07) is -0.229. The van der Waals surface area contributed by atoms with Gasteiger partial charge in [0, 0.05) is 12.1 Å². The molecule has 0 aromatic heterocycles. The van der Waals surface area contributed by atoms with E-state index < -0.39 is 0 Å². The zero-order valence-electron chi connectivity index (χ0n) is 9.34. The van der Waals surface area contributed by atoms with Gasteiger partial charge >= 0.3 is 0 Å². The molecule has 0 saturated heterocycles. The molecule has 4 nitrogen and oxygen atoms in total. The fourth-order valence-electron chi connectivity index (χ4n) is 1.81. The first-order valence-corrected chi connectivity index (χ1v) is 5.18. The summed E-state index contributed by atoms with van der Waals surface area (Å²) in [5.74, 6) is -0.279. The van der Waals surface area contributed by atoms with Crippen molar-refractivity contribution in [1.82, 2.24) is 10.2 Å². The third-order valence-corrected chi connectivity index (χ3v) is 3.40. The van der Waals surface area contributed by atoms with Crippen molar-refractivity contribution in [2.45, 2.75) is 37.8 Å². The van der Waals surface area contributed by atoms with E-state index in [4.69, 9.17) is 5.73 Å². The lowest BCUT2D eigenvalue weighted by atomic mass is 9.75. The first kappa shape index (κ1) is 11.5. The predicted molar refractivity (Wildman–Crippen MR) is 56.9 cm³/mol. The molecule has 0 radical (unpaired) electrons. The maximum Gasteiger partial charge on any atom is 0.234 e. The molecule has 1 rings (SSSR count). The average Bonchev–Trinajstić information content (AvgIpc) is 2.00. The second kappa shape index (κ2) is 4.28. The minimum Gasteiger partial charge on any atom is -0.368 e. The number of likely N-dealkylation sites (N-methyl/N-ethyl adjacent to an activating group) is 1. The van der Waals surface area contributed by atoms with Crippen LogP contribution in [0.5, 0.6) is 0 Å². The second-order valence-corrected chi connectivity index (χ2v) is 4.48. The maximum atomic E-state index is 10.8. The van der Waals surface area contributed by atoms with Crippen LogP contribution >= 0.6 is 0 Å². The number of rotatable bonds is 5. The first-order valence-electron chi connectivity index (χ1n) is 5.18. The van der Waals surface area contributed by atoms with Gasteiger partial charge in [0.1, 0.15) is 0 Å². The molecule has 1 saturated carbocycles. The van der Waals surface area contributed by atoms with Crippen molar-refractivity contribution in [3.05, 3.63) is 0 Å². The minimum absolute atomic E-state index is 0.229. The number of hydrogen-bond acceptors (Lipinski definition) is 3. The molecule has 0 bridgehead atoms. The van der Waals surface area contributed by atoms with E-state index in [0.717, 1.165) is 6.54 Å². The van der Waals surface area contributed by atoms with Crippen LogP contribution in [0.3, 0.4) is 0 Å². The molecule has 1 aliphatic carbocycles. The Morgan fingerprint density at radius 2 is 2.14 bits per heavy atom. The highest BCUT2D eigenvalue weighted by Gasteiger charge is 2.38. The van der Waals surface area contributed by atoms with Gasteiger partial charge in [-0.05, 0) is 40.3 Å². The molecule has 4 heteroatoms. The monoisotopic (exact) mass is 199 g/mol. The minimum atomic E-state index is -0.279. The third-order valence-electron chi connectivity index (χ3n) is 3.40. The summed E-state index contributed by atoms with van der Waals surface area (Å²) < 4.78 is 0. The molecule has 1 aliphatic rings. The van der Waals surface area contributed by atoms with Gasteiger partial charge in [0.2, 0.25) is 5.91 Å². The van der Waals surface area contributed by atoms with Crippen LogP contribution in [0.4, 0.5) is 0 Å². The molecule has 14 heavy (non-hydrogen) atoms. The Morgan fingerprint density at radius 1 is 1.57 bits per heavy atom. The van der Waals surface area contributed by atoms with E-state index in [-0.39, 0.29) is 17.5 Å². The van der Waals surface area contributed by atoms with Crippen LogP contribution in [0.15, 0.2) is 0 Å². The number of hydrogen-bond donors (Lipinski definition) is 2. The Balaban J connectivity index is 2.39. The fraction of sp³-hybridized carbons (Fsp3) is 0.900. The Hall–Kier alpha value is -0.610. The lowest BCUT2D eigenvalue weighted by molar-refractivity contribution is -0.119. The van der Waals surface area contributed by atoms with Gasteiger partial charge in [0.25, 0.3) is 0 Å². The van der Waals surface area contributed by atoms with E-state index in [1.165, 1.54) is 19.3 Å². The predicted octanol–water partition coefficient (Wildman–Crippen LogP) is -0.0659. The Labute approximate surface area is 85.8 Å². The normalized spacial score (nSPS) is 21.7. The highest BCUT2D eigenvalue weighted by Crippen LogP contribution is 2.35. The van der Waals surface area contributed by atoms with E-state index in [2.05, 4.69) is 24.3 Å². The van der Waals surface area contributed by atoms with Crippen molar-refractivity contribution in [3.63, 3.8) is 0 Å². The Morgan fingerprint density at radius 3 is 2.43 bits per heavy atom. The molecule has 1 unspecified atom stereocenters. The smallest absolute Gasteiger partial charge is 0.234 e. The van der Waals surface area contributed by atoms with E-state index in [1.54, 1.807) is 0 Å². The molecule has 1 fully saturated rings. The largest absolute Gasteiger partial charge is 0.368 e. The zero-order chi connectivity index (χ0) is 10.8. The van der Waals surface area contributed by atoms with Gasteiger partial charge in [-0.15, -0.1) is 0 Å². The van der Waals surface area contributed by atoms with E-state index >= 15 is 0 Å². The molecule has 0 heterocycles. The van der Waals surface area contributed by atoms with Gasteiger partial charge in [-0.25, -0.2) is 0 Å². The van der Waals surface area contributed by atoms with Crippen molar-refractivity contribution >= 4 is 5.91 Å².